The lowest BCUT2D eigenvalue weighted by atomic mass is 10.1. The molecular formula is C17H20I3N3O5. The van der Waals surface area contributed by atoms with Gasteiger partial charge in [0.25, 0.3) is 11.8 Å². The first-order chi connectivity index (χ1) is 13.1. The van der Waals surface area contributed by atoms with E-state index in [1.54, 1.807) is 13.8 Å². The van der Waals surface area contributed by atoms with E-state index in [-0.39, 0.29) is 23.8 Å². The number of rotatable bonds is 8. The SMILES string of the molecule is CCNC(=O)c1c(I)c(C(=O)NCC(=O)O)c(I)c(N(CC)C(=O)CC)c1I. The third-order valence-corrected chi connectivity index (χ3v) is 6.85. The van der Waals surface area contributed by atoms with Crippen molar-refractivity contribution in [3.8, 4) is 0 Å². The second-order valence-corrected chi connectivity index (χ2v) is 8.70. The van der Waals surface area contributed by atoms with E-state index in [4.69, 9.17) is 5.11 Å². The minimum atomic E-state index is -1.18. The van der Waals surface area contributed by atoms with Gasteiger partial charge in [-0.25, -0.2) is 0 Å². The highest BCUT2D eigenvalue weighted by molar-refractivity contribution is 14.1. The van der Waals surface area contributed by atoms with Crippen LogP contribution in [-0.4, -0.2) is 48.4 Å². The number of nitrogens with one attached hydrogen (secondary N) is 2. The summed E-state index contributed by atoms with van der Waals surface area (Å²) < 4.78 is 1.46. The van der Waals surface area contributed by atoms with E-state index >= 15 is 0 Å². The quantitative estimate of drug-likeness (QED) is 0.357. The number of aliphatic carboxylic acids is 1. The van der Waals surface area contributed by atoms with Crippen LogP contribution in [0.2, 0.25) is 0 Å². The molecule has 0 radical (unpaired) electrons. The van der Waals surface area contributed by atoms with Crippen LogP contribution in [-0.2, 0) is 9.59 Å². The Kier molecular flexibility index (Phi) is 10.4. The fourth-order valence-corrected chi connectivity index (χ4v) is 7.16. The average molecular weight is 727 g/mol. The first-order valence-electron chi connectivity index (χ1n) is 8.41. The molecule has 1 rings (SSSR count). The highest BCUT2D eigenvalue weighted by atomic mass is 127. The maximum atomic E-state index is 12.7. The maximum absolute atomic E-state index is 12.7. The van der Waals surface area contributed by atoms with Crippen LogP contribution in [0.4, 0.5) is 5.69 Å². The molecule has 0 heterocycles. The zero-order valence-electron chi connectivity index (χ0n) is 15.5. The van der Waals surface area contributed by atoms with Crippen molar-refractivity contribution in [2.24, 2.45) is 0 Å². The van der Waals surface area contributed by atoms with E-state index < -0.39 is 18.4 Å². The van der Waals surface area contributed by atoms with E-state index in [9.17, 15) is 19.2 Å². The fourth-order valence-electron chi connectivity index (χ4n) is 2.43. The highest BCUT2D eigenvalue weighted by Crippen LogP contribution is 2.38. The van der Waals surface area contributed by atoms with Crippen molar-refractivity contribution in [2.45, 2.75) is 27.2 Å². The predicted octanol–water partition coefficient (Wildman–Crippen LogP) is 2.83. The number of carbonyl (C=O) groups is 4. The number of nitrogens with zero attached hydrogens (tertiary/aromatic N) is 1. The third-order valence-electron chi connectivity index (χ3n) is 3.68. The zero-order valence-corrected chi connectivity index (χ0v) is 22.0. The Hall–Kier alpha value is -0.710. The summed E-state index contributed by atoms with van der Waals surface area (Å²) in [6.45, 7) is 5.55. The Morgan fingerprint density at radius 3 is 1.79 bits per heavy atom. The third kappa shape index (κ3) is 5.67. The van der Waals surface area contributed by atoms with Gasteiger partial charge in [0.1, 0.15) is 6.54 Å². The van der Waals surface area contributed by atoms with E-state index in [1.807, 2.05) is 74.7 Å². The lowest BCUT2D eigenvalue weighted by Gasteiger charge is -2.27. The zero-order chi connectivity index (χ0) is 21.6. The number of halogens is 3. The van der Waals surface area contributed by atoms with Crippen molar-refractivity contribution in [1.29, 1.82) is 0 Å². The molecule has 0 atom stereocenters. The summed E-state index contributed by atoms with van der Waals surface area (Å²) in [7, 11) is 0. The average Bonchev–Trinajstić information content (AvgIpc) is 2.63. The predicted molar refractivity (Wildman–Crippen MR) is 131 cm³/mol. The molecule has 3 N–H and O–H groups in total. The van der Waals surface area contributed by atoms with Gasteiger partial charge in [-0.2, -0.15) is 0 Å². The molecule has 8 nitrogen and oxygen atoms in total. The summed E-state index contributed by atoms with van der Waals surface area (Å²) >= 11 is 5.90. The lowest BCUT2D eigenvalue weighted by Crippen LogP contribution is -2.36. The largest absolute Gasteiger partial charge is 0.480 e. The van der Waals surface area contributed by atoms with Crippen molar-refractivity contribution in [2.75, 3.05) is 24.5 Å². The van der Waals surface area contributed by atoms with Gasteiger partial charge in [-0.1, -0.05) is 6.92 Å². The molecule has 0 saturated heterocycles. The van der Waals surface area contributed by atoms with Gasteiger partial charge in [0.2, 0.25) is 5.91 Å². The van der Waals surface area contributed by atoms with Crippen LogP contribution in [0.15, 0.2) is 0 Å². The minimum absolute atomic E-state index is 0.140. The van der Waals surface area contributed by atoms with Crippen LogP contribution >= 0.6 is 67.8 Å². The molecule has 0 bridgehead atoms. The first kappa shape index (κ1) is 25.3. The molecule has 154 valence electrons. The standard InChI is InChI=1S/C17H20I3N3O5/c1-4-8(24)23(6-3)15-13(19)10(16(27)21-5-2)12(18)11(14(15)20)17(28)22-7-9(25)26/h4-7H2,1-3H3,(H,21,27)(H,22,28)(H,25,26). The van der Waals surface area contributed by atoms with Crippen molar-refractivity contribution >= 4 is 97.2 Å². The Morgan fingerprint density at radius 1 is 0.893 bits per heavy atom. The van der Waals surface area contributed by atoms with E-state index in [2.05, 4.69) is 10.6 Å². The Morgan fingerprint density at radius 2 is 1.39 bits per heavy atom. The van der Waals surface area contributed by atoms with E-state index in [0.29, 0.717) is 35.1 Å². The molecule has 28 heavy (non-hydrogen) atoms. The number of hydrogen-bond acceptors (Lipinski definition) is 4. The molecular weight excluding hydrogens is 707 g/mol. The topological polar surface area (TPSA) is 116 Å². The van der Waals surface area contributed by atoms with Crippen molar-refractivity contribution in [3.05, 3.63) is 21.8 Å². The minimum Gasteiger partial charge on any atom is -0.480 e. The van der Waals surface area contributed by atoms with Crippen LogP contribution in [0, 0.1) is 10.7 Å². The summed E-state index contributed by atoms with van der Waals surface area (Å²) in [6, 6.07) is 0. The number of carboxylic acid groups (broad SMARTS) is 1. The van der Waals surface area contributed by atoms with Gasteiger partial charge in [0.15, 0.2) is 0 Å². The number of carboxylic acids is 1. The lowest BCUT2D eigenvalue weighted by molar-refractivity contribution is -0.135. The maximum Gasteiger partial charge on any atom is 0.322 e. The van der Waals surface area contributed by atoms with Crippen LogP contribution < -0.4 is 15.5 Å². The molecule has 11 heteroatoms. The molecule has 0 unspecified atom stereocenters. The Bertz CT molecular complexity index is 814. The summed E-state index contributed by atoms with van der Waals surface area (Å²) in [5, 5.41) is 13.9. The van der Waals surface area contributed by atoms with Gasteiger partial charge in [0, 0.05) is 23.1 Å². The fraction of sp³-hybridized carbons (Fsp3) is 0.412. The molecule has 0 spiro atoms. The molecule has 0 saturated carbocycles. The smallest absolute Gasteiger partial charge is 0.322 e. The summed E-state index contributed by atoms with van der Waals surface area (Å²) in [4.78, 5) is 50.2. The summed E-state index contributed by atoms with van der Waals surface area (Å²) in [5.41, 5.74) is 0.959. The van der Waals surface area contributed by atoms with Gasteiger partial charge in [-0.15, -0.1) is 0 Å². The Labute approximate surface area is 204 Å². The number of amides is 3. The molecule has 1 aromatic carbocycles. The number of anilines is 1. The van der Waals surface area contributed by atoms with Crippen molar-refractivity contribution in [3.63, 3.8) is 0 Å². The normalized spacial score (nSPS) is 10.4. The summed E-state index contributed by atoms with van der Waals surface area (Å²) in [5.74, 6) is -2.29. The molecule has 3 amide bonds. The van der Waals surface area contributed by atoms with Crippen LogP contribution in [0.5, 0.6) is 0 Å². The number of carbonyl (C=O) groups excluding carboxylic acids is 3. The van der Waals surface area contributed by atoms with Crippen molar-refractivity contribution in [1.82, 2.24) is 10.6 Å². The van der Waals surface area contributed by atoms with Crippen LogP contribution in [0.3, 0.4) is 0 Å². The molecule has 0 fully saturated rings. The molecule has 1 aromatic rings. The van der Waals surface area contributed by atoms with Gasteiger partial charge >= 0.3 is 5.97 Å². The van der Waals surface area contributed by atoms with Crippen LogP contribution in [0.25, 0.3) is 0 Å². The molecule has 0 aromatic heterocycles. The highest BCUT2D eigenvalue weighted by Gasteiger charge is 2.31. The monoisotopic (exact) mass is 727 g/mol. The number of hydrogen-bond donors (Lipinski definition) is 3. The van der Waals surface area contributed by atoms with E-state index in [1.165, 1.54) is 4.90 Å². The first-order valence-corrected chi connectivity index (χ1v) is 11.6. The van der Waals surface area contributed by atoms with Gasteiger partial charge in [-0.05, 0) is 81.6 Å². The number of benzene rings is 1. The van der Waals surface area contributed by atoms with Crippen LogP contribution in [0.1, 0.15) is 47.9 Å². The molecule has 0 aliphatic heterocycles. The molecule has 0 aliphatic carbocycles. The van der Waals surface area contributed by atoms with E-state index in [0.717, 1.165) is 0 Å². The van der Waals surface area contributed by atoms with Gasteiger partial charge in [-0.3, -0.25) is 19.2 Å². The molecule has 0 aliphatic rings. The second kappa shape index (κ2) is 11.5. The Balaban J connectivity index is 3.80. The second-order valence-electron chi connectivity index (χ2n) is 5.47. The van der Waals surface area contributed by atoms with Crippen molar-refractivity contribution < 1.29 is 24.3 Å². The summed E-state index contributed by atoms with van der Waals surface area (Å²) in [6.07, 6.45) is 0.267. The van der Waals surface area contributed by atoms with Gasteiger partial charge in [0.05, 0.1) is 24.0 Å². The van der Waals surface area contributed by atoms with Gasteiger partial charge < -0.3 is 20.6 Å².